The lowest BCUT2D eigenvalue weighted by Crippen LogP contribution is -1.89. The summed E-state index contributed by atoms with van der Waals surface area (Å²) < 4.78 is 0. The standard InChI is InChI=1S/C12H13/c1-3-8-11(4-2)12-9-6-5-7-10-12/h3-10H,2H2,1H3. The maximum Gasteiger partial charge on any atom is 0.0476 e. The van der Waals surface area contributed by atoms with E-state index in [2.05, 4.69) is 24.8 Å². The second kappa shape index (κ2) is 4.55. The topological polar surface area (TPSA) is 0 Å². The van der Waals surface area contributed by atoms with Crippen LogP contribution in [0.3, 0.4) is 0 Å². The second-order valence-corrected chi connectivity index (χ2v) is 2.53. The van der Waals surface area contributed by atoms with E-state index in [9.17, 15) is 0 Å². The molecule has 0 bridgehead atoms. The van der Waals surface area contributed by atoms with Crippen molar-refractivity contribution in [3.63, 3.8) is 0 Å². The predicted octanol–water partition coefficient (Wildman–Crippen LogP) is 3.37. The van der Waals surface area contributed by atoms with Gasteiger partial charge in [-0.25, -0.2) is 0 Å². The Kier molecular flexibility index (Phi) is 3.34. The molecule has 0 aliphatic heterocycles. The minimum atomic E-state index is 1.16. The third-order valence-corrected chi connectivity index (χ3v) is 1.67. The van der Waals surface area contributed by atoms with Gasteiger partial charge in [-0.05, 0) is 12.5 Å². The van der Waals surface area contributed by atoms with E-state index in [1.54, 1.807) is 0 Å². The Morgan fingerprint density at radius 3 is 2.42 bits per heavy atom. The van der Waals surface area contributed by atoms with E-state index in [0.29, 0.717) is 0 Å². The van der Waals surface area contributed by atoms with Gasteiger partial charge >= 0.3 is 0 Å². The van der Waals surface area contributed by atoms with Gasteiger partial charge in [0, 0.05) is 5.92 Å². The summed E-state index contributed by atoms with van der Waals surface area (Å²) in [5.74, 6) is 1.16. The molecule has 0 saturated carbocycles. The van der Waals surface area contributed by atoms with Crippen LogP contribution in [0.5, 0.6) is 0 Å². The van der Waals surface area contributed by atoms with Crippen molar-refractivity contribution in [2.45, 2.75) is 6.92 Å². The molecule has 1 aromatic carbocycles. The molecule has 0 aliphatic carbocycles. The van der Waals surface area contributed by atoms with E-state index in [-0.39, 0.29) is 0 Å². The maximum atomic E-state index is 3.77. The van der Waals surface area contributed by atoms with Crippen molar-refractivity contribution in [2.24, 2.45) is 0 Å². The van der Waals surface area contributed by atoms with Crippen LogP contribution in [-0.4, -0.2) is 0 Å². The summed E-state index contributed by atoms with van der Waals surface area (Å²) >= 11 is 0. The Hall–Kier alpha value is -1.30. The molecule has 0 saturated heterocycles. The molecule has 12 heavy (non-hydrogen) atoms. The molecule has 61 valence electrons. The first-order valence-corrected chi connectivity index (χ1v) is 4.06. The van der Waals surface area contributed by atoms with Crippen LogP contribution in [0.2, 0.25) is 0 Å². The summed E-state index contributed by atoms with van der Waals surface area (Å²) in [6.45, 7) is 5.77. The van der Waals surface area contributed by atoms with E-state index in [0.717, 1.165) is 5.92 Å². The molecule has 0 heterocycles. The van der Waals surface area contributed by atoms with E-state index >= 15 is 0 Å². The first-order chi connectivity index (χ1) is 5.88. The van der Waals surface area contributed by atoms with E-state index in [4.69, 9.17) is 0 Å². The fourth-order valence-corrected chi connectivity index (χ4v) is 1.09. The van der Waals surface area contributed by atoms with E-state index in [1.165, 1.54) is 5.56 Å². The molecular weight excluding hydrogens is 144 g/mol. The van der Waals surface area contributed by atoms with Gasteiger partial charge in [-0.3, -0.25) is 0 Å². The van der Waals surface area contributed by atoms with Gasteiger partial charge in [-0.15, -0.1) is 6.58 Å². The monoisotopic (exact) mass is 157 g/mol. The maximum absolute atomic E-state index is 3.77. The van der Waals surface area contributed by atoms with Crippen LogP contribution in [0, 0.1) is 5.92 Å². The lowest BCUT2D eigenvalue weighted by atomic mass is 9.99. The Bertz CT molecular complexity index is 257. The molecule has 0 nitrogen and oxygen atoms in total. The Balaban J connectivity index is 2.87. The lowest BCUT2D eigenvalue weighted by molar-refractivity contribution is 1.36. The molecule has 0 aliphatic rings. The molecule has 1 rings (SSSR count). The fourth-order valence-electron chi connectivity index (χ4n) is 1.09. The number of hydrogen-bond donors (Lipinski definition) is 0. The van der Waals surface area contributed by atoms with Crippen molar-refractivity contribution < 1.29 is 0 Å². The Labute approximate surface area is 74.2 Å². The van der Waals surface area contributed by atoms with Gasteiger partial charge in [0.05, 0.1) is 0 Å². The lowest BCUT2D eigenvalue weighted by Gasteiger charge is -2.05. The van der Waals surface area contributed by atoms with Gasteiger partial charge in [0.25, 0.3) is 0 Å². The number of allylic oxidation sites excluding steroid dienone is 3. The predicted molar refractivity (Wildman–Crippen MR) is 53.8 cm³/mol. The number of rotatable bonds is 3. The van der Waals surface area contributed by atoms with Crippen LogP contribution in [0.15, 0.2) is 55.1 Å². The zero-order valence-electron chi connectivity index (χ0n) is 7.33. The normalized spacial score (nSPS) is 10.8. The van der Waals surface area contributed by atoms with Crippen LogP contribution in [0.25, 0.3) is 0 Å². The molecule has 0 fully saturated rings. The smallest absolute Gasteiger partial charge is 0.0476 e. The third kappa shape index (κ3) is 2.09. The van der Waals surface area contributed by atoms with Crippen LogP contribution < -0.4 is 0 Å². The molecular formula is C12H13. The van der Waals surface area contributed by atoms with Crippen LogP contribution in [-0.2, 0) is 0 Å². The minimum Gasteiger partial charge on any atom is -0.102 e. The zero-order valence-corrected chi connectivity index (χ0v) is 7.33. The van der Waals surface area contributed by atoms with Crippen molar-refractivity contribution >= 4 is 0 Å². The highest BCUT2D eigenvalue weighted by Crippen LogP contribution is 2.16. The summed E-state index contributed by atoms with van der Waals surface area (Å²) in [7, 11) is 0. The third-order valence-electron chi connectivity index (χ3n) is 1.67. The molecule has 0 heteroatoms. The van der Waals surface area contributed by atoms with Gasteiger partial charge in [0.1, 0.15) is 0 Å². The quantitative estimate of drug-likeness (QED) is 0.631. The van der Waals surface area contributed by atoms with Crippen LogP contribution >= 0.6 is 0 Å². The summed E-state index contributed by atoms with van der Waals surface area (Å²) in [4.78, 5) is 0. The summed E-state index contributed by atoms with van der Waals surface area (Å²) in [5, 5.41) is 0. The molecule has 0 atom stereocenters. The van der Waals surface area contributed by atoms with Crippen molar-refractivity contribution in [3.05, 3.63) is 66.6 Å². The zero-order chi connectivity index (χ0) is 8.81. The largest absolute Gasteiger partial charge is 0.102 e. The number of benzene rings is 1. The van der Waals surface area contributed by atoms with Gasteiger partial charge < -0.3 is 0 Å². The van der Waals surface area contributed by atoms with E-state index in [1.807, 2.05) is 37.3 Å². The molecule has 1 radical (unpaired) electrons. The van der Waals surface area contributed by atoms with Gasteiger partial charge in [-0.1, -0.05) is 48.6 Å². The summed E-state index contributed by atoms with van der Waals surface area (Å²) in [5.41, 5.74) is 1.21. The highest BCUT2D eigenvalue weighted by atomic mass is 14.0. The minimum absolute atomic E-state index is 1.16. The molecule has 0 amide bonds. The Morgan fingerprint density at radius 2 is 1.92 bits per heavy atom. The molecule has 0 aromatic heterocycles. The molecule has 0 spiro atoms. The van der Waals surface area contributed by atoms with Crippen molar-refractivity contribution in [1.29, 1.82) is 0 Å². The highest BCUT2D eigenvalue weighted by molar-refractivity contribution is 5.42. The van der Waals surface area contributed by atoms with Crippen LogP contribution in [0.4, 0.5) is 0 Å². The Morgan fingerprint density at radius 1 is 1.25 bits per heavy atom. The average molecular weight is 157 g/mol. The van der Waals surface area contributed by atoms with Crippen LogP contribution in [0.1, 0.15) is 12.5 Å². The first kappa shape index (κ1) is 8.79. The van der Waals surface area contributed by atoms with Crippen molar-refractivity contribution in [1.82, 2.24) is 0 Å². The van der Waals surface area contributed by atoms with Gasteiger partial charge in [0.15, 0.2) is 0 Å². The SMILES string of the molecule is C=C[C](C=CC)c1ccccc1. The van der Waals surface area contributed by atoms with Crippen molar-refractivity contribution in [3.8, 4) is 0 Å². The second-order valence-electron chi connectivity index (χ2n) is 2.53. The van der Waals surface area contributed by atoms with Gasteiger partial charge in [-0.2, -0.15) is 0 Å². The summed E-state index contributed by atoms with van der Waals surface area (Å²) in [6, 6.07) is 10.2. The fraction of sp³-hybridized carbons (Fsp3) is 0.0833. The number of hydrogen-bond acceptors (Lipinski definition) is 0. The van der Waals surface area contributed by atoms with Crippen molar-refractivity contribution in [2.75, 3.05) is 0 Å². The average Bonchev–Trinajstić information content (AvgIpc) is 2.15. The van der Waals surface area contributed by atoms with E-state index < -0.39 is 0 Å². The molecule has 1 aromatic rings. The molecule has 0 N–H and O–H groups in total. The molecule has 0 unspecified atom stereocenters. The highest BCUT2D eigenvalue weighted by Gasteiger charge is 2.00. The first-order valence-electron chi connectivity index (χ1n) is 4.06. The van der Waals surface area contributed by atoms with Gasteiger partial charge in [0.2, 0.25) is 0 Å². The summed E-state index contributed by atoms with van der Waals surface area (Å²) in [6.07, 6.45) is 5.95.